The number of carbonyl (C=O) groups excluding carboxylic acids is 1. The second-order valence-electron chi connectivity index (χ2n) is 1.70. The first-order valence-corrected chi connectivity index (χ1v) is 2.34. The van der Waals surface area contributed by atoms with Gasteiger partial charge in [-0.25, -0.2) is 0 Å². The van der Waals surface area contributed by atoms with Crippen LogP contribution in [0.5, 0.6) is 0 Å². The Morgan fingerprint density at radius 1 is 2.00 bits per heavy atom. The van der Waals surface area contributed by atoms with Gasteiger partial charge in [0.25, 0.3) is 0 Å². The van der Waals surface area contributed by atoms with Gasteiger partial charge in [0, 0.05) is 6.42 Å². The van der Waals surface area contributed by atoms with Gasteiger partial charge in [0.2, 0.25) is 5.91 Å². The second-order valence-corrected chi connectivity index (χ2v) is 1.70. The molecule has 2 N–H and O–H groups in total. The van der Waals surface area contributed by atoms with E-state index in [-0.39, 0.29) is 12.3 Å². The first-order chi connectivity index (χ1) is 3.66. The Labute approximate surface area is 48.1 Å². The average Bonchev–Trinajstić information content (AvgIpc) is 1.65. The van der Waals surface area contributed by atoms with E-state index < -0.39 is 5.91 Å². The van der Waals surface area contributed by atoms with Crippen LogP contribution in [0.1, 0.15) is 13.3 Å². The molecule has 3 heteroatoms. The van der Waals surface area contributed by atoms with E-state index in [0.717, 1.165) is 0 Å². The molecular formula is C5H8N2O. The summed E-state index contributed by atoms with van der Waals surface area (Å²) < 4.78 is 0. The number of carbonyl (C=O) groups is 1. The molecule has 0 rings (SSSR count). The molecule has 1 atom stereocenters. The minimum atomic E-state index is -0.418. The maximum atomic E-state index is 10.0. The predicted molar refractivity (Wildman–Crippen MR) is 28.6 cm³/mol. The van der Waals surface area contributed by atoms with Crippen molar-refractivity contribution in [3.63, 3.8) is 0 Å². The molecule has 0 bridgehead atoms. The fourth-order valence-corrected chi connectivity index (χ4v) is 0.347. The second kappa shape index (κ2) is 3.03. The number of nitriles is 1. The molecule has 0 aliphatic heterocycles. The fourth-order valence-electron chi connectivity index (χ4n) is 0.347. The molecule has 0 aromatic rings. The van der Waals surface area contributed by atoms with Crippen LogP contribution in [0.15, 0.2) is 0 Å². The molecule has 0 aromatic carbocycles. The van der Waals surface area contributed by atoms with Gasteiger partial charge >= 0.3 is 0 Å². The molecule has 0 aliphatic rings. The van der Waals surface area contributed by atoms with Crippen molar-refractivity contribution in [2.24, 2.45) is 11.7 Å². The lowest BCUT2D eigenvalue weighted by Gasteiger charge is -1.92. The summed E-state index contributed by atoms with van der Waals surface area (Å²) in [4.78, 5) is 10.0. The largest absolute Gasteiger partial charge is 0.370 e. The number of hydrogen-bond donors (Lipinski definition) is 1. The Kier molecular flexibility index (Phi) is 2.63. The van der Waals surface area contributed by atoms with E-state index in [4.69, 9.17) is 11.0 Å². The summed E-state index contributed by atoms with van der Waals surface area (Å²) in [7, 11) is 0. The summed E-state index contributed by atoms with van der Waals surface area (Å²) in [5, 5.41) is 8.13. The van der Waals surface area contributed by atoms with Crippen molar-refractivity contribution in [1.82, 2.24) is 0 Å². The van der Waals surface area contributed by atoms with Crippen molar-refractivity contribution in [3.05, 3.63) is 0 Å². The molecule has 0 saturated carbocycles. The maximum Gasteiger partial charge on any atom is 0.218 e. The molecule has 0 radical (unpaired) electrons. The molecule has 0 saturated heterocycles. The van der Waals surface area contributed by atoms with Gasteiger partial charge in [0.15, 0.2) is 0 Å². The van der Waals surface area contributed by atoms with E-state index in [0.29, 0.717) is 0 Å². The topological polar surface area (TPSA) is 66.9 Å². The van der Waals surface area contributed by atoms with Crippen molar-refractivity contribution in [3.8, 4) is 6.07 Å². The van der Waals surface area contributed by atoms with Crippen LogP contribution < -0.4 is 5.73 Å². The lowest BCUT2D eigenvalue weighted by Crippen LogP contribution is -2.13. The van der Waals surface area contributed by atoms with Crippen LogP contribution in [-0.4, -0.2) is 5.91 Å². The van der Waals surface area contributed by atoms with Crippen LogP contribution in [0.3, 0.4) is 0 Å². The number of amides is 1. The molecule has 0 spiro atoms. The van der Waals surface area contributed by atoms with Gasteiger partial charge in [-0.2, -0.15) is 5.26 Å². The smallest absolute Gasteiger partial charge is 0.218 e. The summed E-state index contributed by atoms with van der Waals surface area (Å²) in [6.45, 7) is 1.66. The van der Waals surface area contributed by atoms with Crippen LogP contribution in [-0.2, 0) is 4.79 Å². The van der Waals surface area contributed by atoms with Crippen molar-refractivity contribution >= 4 is 5.91 Å². The molecule has 0 heterocycles. The third kappa shape index (κ3) is 3.16. The summed E-state index contributed by atoms with van der Waals surface area (Å²) in [5.74, 6) is -0.661. The molecule has 0 aromatic heterocycles. The van der Waals surface area contributed by atoms with E-state index in [1.807, 2.05) is 6.07 Å². The monoisotopic (exact) mass is 112 g/mol. The van der Waals surface area contributed by atoms with E-state index >= 15 is 0 Å². The van der Waals surface area contributed by atoms with Crippen LogP contribution in [0.4, 0.5) is 0 Å². The van der Waals surface area contributed by atoms with Crippen molar-refractivity contribution < 1.29 is 4.79 Å². The highest BCUT2D eigenvalue weighted by atomic mass is 16.1. The number of rotatable bonds is 2. The Bertz CT molecular complexity index is 125. The van der Waals surface area contributed by atoms with Gasteiger partial charge in [-0.05, 0) is 6.92 Å². The molecule has 8 heavy (non-hydrogen) atoms. The number of primary amides is 1. The van der Waals surface area contributed by atoms with Gasteiger partial charge in [-0.15, -0.1) is 0 Å². The maximum absolute atomic E-state index is 10.0. The third-order valence-electron chi connectivity index (χ3n) is 0.728. The van der Waals surface area contributed by atoms with E-state index in [1.165, 1.54) is 0 Å². The predicted octanol–water partition coefficient (Wildman–Crippen LogP) is 0.0215. The zero-order valence-corrected chi connectivity index (χ0v) is 4.72. The standard InChI is InChI=1S/C5H8N2O/c1-4(3-6)2-5(7)8/h4H,2H2,1H3,(H2,7,8)/t4-/m1/s1. The molecule has 3 nitrogen and oxygen atoms in total. The van der Waals surface area contributed by atoms with Crippen LogP contribution in [0.2, 0.25) is 0 Å². The Balaban J connectivity index is 3.43. The lowest BCUT2D eigenvalue weighted by atomic mass is 10.1. The SMILES string of the molecule is C[C@@H](C#N)CC(N)=O. The molecular weight excluding hydrogens is 104 g/mol. The molecule has 1 amide bonds. The summed E-state index contributed by atoms with van der Waals surface area (Å²) in [6.07, 6.45) is 0.163. The third-order valence-corrected chi connectivity index (χ3v) is 0.728. The molecule has 44 valence electrons. The molecule has 0 fully saturated rings. The Morgan fingerprint density at radius 2 is 2.50 bits per heavy atom. The van der Waals surface area contributed by atoms with Crippen LogP contribution in [0.25, 0.3) is 0 Å². The highest BCUT2D eigenvalue weighted by Crippen LogP contribution is 1.95. The number of hydrogen-bond acceptors (Lipinski definition) is 2. The fraction of sp³-hybridized carbons (Fsp3) is 0.600. The van der Waals surface area contributed by atoms with Gasteiger partial charge in [0.05, 0.1) is 12.0 Å². The number of nitrogens with zero attached hydrogens (tertiary/aromatic N) is 1. The average molecular weight is 112 g/mol. The highest BCUT2D eigenvalue weighted by molar-refractivity contribution is 5.74. The number of nitrogens with two attached hydrogens (primary N) is 1. The Morgan fingerprint density at radius 3 is 2.62 bits per heavy atom. The van der Waals surface area contributed by atoms with Gasteiger partial charge in [-0.3, -0.25) is 4.79 Å². The molecule has 0 unspecified atom stereocenters. The molecule has 0 aliphatic carbocycles. The minimum Gasteiger partial charge on any atom is -0.370 e. The van der Waals surface area contributed by atoms with Crippen molar-refractivity contribution in [2.45, 2.75) is 13.3 Å². The normalized spacial score (nSPS) is 12.0. The summed E-state index contributed by atoms with van der Waals surface area (Å²) in [6, 6.07) is 1.90. The van der Waals surface area contributed by atoms with Gasteiger partial charge < -0.3 is 5.73 Å². The van der Waals surface area contributed by atoms with E-state index in [1.54, 1.807) is 6.92 Å². The van der Waals surface area contributed by atoms with Gasteiger partial charge in [-0.1, -0.05) is 0 Å². The summed E-state index contributed by atoms with van der Waals surface area (Å²) >= 11 is 0. The Hall–Kier alpha value is -1.04. The quantitative estimate of drug-likeness (QED) is 0.547. The lowest BCUT2D eigenvalue weighted by molar-refractivity contribution is -0.118. The zero-order valence-electron chi connectivity index (χ0n) is 4.72. The minimum absolute atomic E-state index is 0.163. The first-order valence-electron chi connectivity index (χ1n) is 2.34. The van der Waals surface area contributed by atoms with Crippen molar-refractivity contribution in [1.29, 1.82) is 5.26 Å². The van der Waals surface area contributed by atoms with Crippen LogP contribution in [0, 0.1) is 17.2 Å². The van der Waals surface area contributed by atoms with Crippen LogP contribution >= 0.6 is 0 Å². The zero-order chi connectivity index (χ0) is 6.57. The summed E-state index contributed by atoms with van der Waals surface area (Å²) in [5.41, 5.74) is 4.78. The highest BCUT2D eigenvalue weighted by Gasteiger charge is 2.01. The van der Waals surface area contributed by atoms with E-state index in [2.05, 4.69) is 0 Å². The van der Waals surface area contributed by atoms with E-state index in [9.17, 15) is 4.79 Å². The first kappa shape index (κ1) is 6.96. The van der Waals surface area contributed by atoms with Gasteiger partial charge in [0.1, 0.15) is 0 Å². The van der Waals surface area contributed by atoms with Crippen molar-refractivity contribution in [2.75, 3.05) is 0 Å².